The number of amides is 1. The molecule has 2 heterocycles. The number of carbonyl (C=O) groups excluding carboxylic acids is 1. The summed E-state index contributed by atoms with van der Waals surface area (Å²) in [5.74, 6) is 2.22. The van der Waals surface area contributed by atoms with E-state index in [1.54, 1.807) is 7.11 Å². The molecule has 2 aromatic carbocycles. The van der Waals surface area contributed by atoms with Gasteiger partial charge in [-0.05, 0) is 35.7 Å². The lowest BCUT2D eigenvalue weighted by Crippen LogP contribution is -2.48. The number of H-pyrrole nitrogens is 1. The van der Waals surface area contributed by atoms with E-state index in [0.29, 0.717) is 6.42 Å². The summed E-state index contributed by atoms with van der Waals surface area (Å²) in [6, 6.07) is 16.1. The number of carbonyl (C=O) groups is 1. The van der Waals surface area contributed by atoms with E-state index in [2.05, 4.69) is 27.9 Å². The molecule has 1 fully saturated rings. The highest BCUT2D eigenvalue weighted by atomic mass is 16.5. The molecule has 1 N–H and O–H groups in total. The van der Waals surface area contributed by atoms with E-state index in [4.69, 9.17) is 4.74 Å². The zero-order valence-corrected chi connectivity index (χ0v) is 17.1. The predicted octanol–water partition coefficient (Wildman–Crippen LogP) is 3.41. The van der Waals surface area contributed by atoms with Crippen LogP contribution in [-0.4, -0.2) is 59.0 Å². The Morgan fingerprint density at radius 1 is 1.14 bits per heavy atom. The number of imidazole rings is 1. The lowest BCUT2D eigenvalue weighted by Gasteiger charge is -2.34. The van der Waals surface area contributed by atoms with E-state index in [0.717, 1.165) is 60.9 Å². The topological polar surface area (TPSA) is 61.5 Å². The van der Waals surface area contributed by atoms with Crippen molar-refractivity contribution in [1.29, 1.82) is 0 Å². The molecule has 3 aromatic rings. The number of hydrogen-bond donors (Lipinski definition) is 1. The van der Waals surface area contributed by atoms with Crippen LogP contribution in [0.25, 0.3) is 11.0 Å². The largest absolute Gasteiger partial charge is 0.497 e. The highest BCUT2D eigenvalue weighted by molar-refractivity contribution is 5.77. The highest BCUT2D eigenvalue weighted by Crippen LogP contribution is 2.24. The summed E-state index contributed by atoms with van der Waals surface area (Å²) in [5, 5.41) is 0. The molecule has 0 radical (unpaired) electrons. The molecule has 29 heavy (non-hydrogen) atoms. The number of benzene rings is 2. The van der Waals surface area contributed by atoms with Crippen LogP contribution in [0.1, 0.15) is 30.7 Å². The van der Waals surface area contributed by atoms with Crippen molar-refractivity contribution in [1.82, 2.24) is 19.8 Å². The predicted molar refractivity (Wildman–Crippen MR) is 114 cm³/mol. The maximum Gasteiger partial charge on any atom is 0.223 e. The van der Waals surface area contributed by atoms with E-state index in [1.165, 1.54) is 0 Å². The Kier molecular flexibility index (Phi) is 5.81. The molecule has 1 amide bonds. The van der Waals surface area contributed by atoms with Crippen LogP contribution in [0, 0.1) is 0 Å². The number of nitrogens with zero attached hydrogens (tertiary/aromatic N) is 3. The fourth-order valence-electron chi connectivity index (χ4n) is 3.90. The van der Waals surface area contributed by atoms with Gasteiger partial charge in [0.1, 0.15) is 11.6 Å². The minimum Gasteiger partial charge on any atom is -0.497 e. The average Bonchev–Trinajstić information content (AvgIpc) is 3.16. The molecular formula is C23H28N4O2. The highest BCUT2D eigenvalue weighted by Gasteiger charge is 2.23. The van der Waals surface area contributed by atoms with Gasteiger partial charge in [-0.25, -0.2) is 4.98 Å². The van der Waals surface area contributed by atoms with Crippen LogP contribution in [0.5, 0.6) is 5.75 Å². The molecule has 0 bridgehead atoms. The van der Waals surface area contributed by atoms with Gasteiger partial charge in [-0.2, -0.15) is 0 Å². The zero-order chi connectivity index (χ0) is 20.2. The summed E-state index contributed by atoms with van der Waals surface area (Å²) in [7, 11) is 1.67. The Bertz CT molecular complexity index is 943. The van der Waals surface area contributed by atoms with Crippen LogP contribution in [0.2, 0.25) is 0 Å². The van der Waals surface area contributed by atoms with Gasteiger partial charge in [-0.15, -0.1) is 0 Å². The van der Waals surface area contributed by atoms with Gasteiger partial charge < -0.3 is 14.6 Å². The molecule has 4 rings (SSSR count). The van der Waals surface area contributed by atoms with Crippen molar-refractivity contribution in [3.05, 3.63) is 59.9 Å². The first-order valence-electron chi connectivity index (χ1n) is 10.2. The molecule has 0 saturated carbocycles. The second kappa shape index (κ2) is 8.66. The van der Waals surface area contributed by atoms with Crippen molar-refractivity contribution in [2.45, 2.75) is 25.8 Å². The van der Waals surface area contributed by atoms with Crippen molar-refractivity contribution in [2.75, 3.05) is 33.3 Å². The Hall–Kier alpha value is -2.86. The van der Waals surface area contributed by atoms with Gasteiger partial charge >= 0.3 is 0 Å². The average molecular weight is 393 g/mol. The van der Waals surface area contributed by atoms with Gasteiger partial charge in [0.05, 0.1) is 24.7 Å². The number of piperazine rings is 1. The quantitative estimate of drug-likeness (QED) is 0.698. The van der Waals surface area contributed by atoms with E-state index in [1.807, 2.05) is 47.4 Å². The molecule has 1 atom stereocenters. The number of aromatic amines is 1. The maximum absolute atomic E-state index is 12.8. The van der Waals surface area contributed by atoms with E-state index in [-0.39, 0.29) is 11.8 Å². The fourth-order valence-corrected chi connectivity index (χ4v) is 3.90. The second-order valence-corrected chi connectivity index (χ2v) is 7.74. The van der Waals surface area contributed by atoms with Gasteiger partial charge in [0.15, 0.2) is 0 Å². The molecular weight excluding hydrogens is 364 g/mol. The Labute approximate surface area is 171 Å². The van der Waals surface area contributed by atoms with Crippen molar-refractivity contribution >= 4 is 16.9 Å². The fraction of sp³-hybridized carbons (Fsp3) is 0.391. The van der Waals surface area contributed by atoms with Gasteiger partial charge in [0.2, 0.25) is 5.91 Å². The lowest BCUT2D eigenvalue weighted by atomic mass is 9.97. The summed E-state index contributed by atoms with van der Waals surface area (Å²) >= 11 is 0. The summed E-state index contributed by atoms with van der Waals surface area (Å²) in [6.45, 7) is 6.17. The summed E-state index contributed by atoms with van der Waals surface area (Å²) in [4.78, 5) is 25.2. The third kappa shape index (κ3) is 4.59. The molecule has 6 nitrogen and oxygen atoms in total. The molecule has 6 heteroatoms. The van der Waals surface area contributed by atoms with Crippen LogP contribution < -0.4 is 4.74 Å². The molecule has 0 spiro atoms. The summed E-state index contributed by atoms with van der Waals surface area (Å²) in [6.07, 6.45) is 0.525. The van der Waals surface area contributed by atoms with Crippen LogP contribution in [0.15, 0.2) is 48.5 Å². The summed E-state index contributed by atoms with van der Waals surface area (Å²) in [5.41, 5.74) is 3.21. The van der Waals surface area contributed by atoms with Crippen LogP contribution in [-0.2, 0) is 11.3 Å². The zero-order valence-electron chi connectivity index (χ0n) is 17.1. The molecule has 1 aliphatic heterocycles. The minimum atomic E-state index is 0.172. The molecule has 1 saturated heterocycles. The molecule has 0 aliphatic carbocycles. The number of fused-ring (bicyclic) bond motifs is 1. The molecule has 1 aromatic heterocycles. The van der Waals surface area contributed by atoms with Crippen molar-refractivity contribution in [3.63, 3.8) is 0 Å². The number of para-hydroxylation sites is 2. The van der Waals surface area contributed by atoms with Crippen LogP contribution in [0.4, 0.5) is 0 Å². The Morgan fingerprint density at radius 3 is 2.69 bits per heavy atom. The van der Waals surface area contributed by atoms with Gasteiger partial charge in [-0.1, -0.05) is 31.2 Å². The molecule has 0 unspecified atom stereocenters. The Morgan fingerprint density at radius 2 is 1.93 bits per heavy atom. The van der Waals surface area contributed by atoms with Crippen molar-refractivity contribution in [2.24, 2.45) is 0 Å². The number of aromatic nitrogens is 2. The SMILES string of the molecule is COc1cccc([C@H](C)CC(=O)N2CCN(Cc3nc4ccccc4[nH]3)CC2)c1. The first kappa shape index (κ1) is 19.5. The third-order valence-corrected chi connectivity index (χ3v) is 5.68. The van der Waals surface area contributed by atoms with E-state index < -0.39 is 0 Å². The first-order chi connectivity index (χ1) is 14.1. The van der Waals surface area contributed by atoms with Crippen LogP contribution >= 0.6 is 0 Å². The first-order valence-corrected chi connectivity index (χ1v) is 10.2. The number of hydrogen-bond acceptors (Lipinski definition) is 4. The van der Waals surface area contributed by atoms with Gasteiger partial charge in [0, 0.05) is 32.6 Å². The maximum atomic E-state index is 12.8. The van der Waals surface area contributed by atoms with Gasteiger partial charge in [0.25, 0.3) is 0 Å². The van der Waals surface area contributed by atoms with E-state index >= 15 is 0 Å². The number of ether oxygens (including phenoxy) is 1. The standard InChI is InChI=1S/C23H28N4O2/c1-17(18-6-5-7-19(15-18)29-2)14-23(28)27-12-10-26(11-13-27)16-22-24-20-8-3-4-9-21(20)25-22/h3-9,15,17H,10-14,16H2,1-2H3,(H,24,25)/t17-/m1/s1. The van der Waals surface area contributed by atoms with E-state index in [9.17, 15) is 4.79 Å². The lowest BCUT2D eigenvalue weighted by molar-refractivity contribution is -0.133. The monoisotopic (exact) mass is 392 g/mol. The third-order valence-electron chi connectivity index (χ3n) is 5.68. The minimum absolute atomic E-state index is 0.172. The van der Waals surface area contributed by atoms with Crippen molar-refractivity contribution in [3.8, 4) is 5.75 Å². The number of methoxy groups -OCH3 is 1. The Balaban J connectivity index is 1.28. The second-order valence-electron chi connectivity index (χ2n) is 7.74. The summed E-state index contributed by atoms with van der Waals surface area (Å²) < 4.78 is 5.30. The number of rotatable bonds is 6. The van der Waals surface area contributed by atoms with Crippen LogP contribution in [0.3, 0.4) is 0 Å². The molecule has 152 valence electrons. The smallest absolute Gasteiger partial charge is 0.223 e. The van der Waals surface area contributed by atoms with Gasteiger partial charge in [-0.3, -0.25) is 9.69 Å². The number of nitrogens with one attached hydrogen (secondary N) is 1. The van der Waals surface area contributed by atoms with Crippen molar-refractivity contribution < 1.29 is 9.53 Å². The molecule has 1 aliphatic rings. The normalized spacial score (nSPS) is 16.1.